The molecule has 0 spiro atoms. The molecule has 0 radical (unpaired) electrons. The van der Waals surface area contributed by atoms with E-state index in [0.29, 0.717) is 5.56 Å². The van der Waals surface area contributed by atoms with Crippen LogP contribution in [0.25, 0.3) is 0 Å². The summed E-state index contributed by atoms with van der Waals surface area (Å²) in [6.07, 6.45) is 5.22. The van der Waals surface area contributed by atoms with E-state index in [4.69, 9.17) is 18.0 Å². The van der Waals surface area contributed by atoms with Crippen LogP contribution in [-0.2, 0) is 6.42 Å². The molecular formula is C14H19NO2S. The minimum Gasteiger partial charge on any atom is -0.478 e. The van der Waals surface area contributed by atoms with E-state index < -0.39 is 5.97 Å². The van der Waals surface area contributed by atoms with E-state index in [1.54, 1.807) is 6.07 Å². The molecule has 3 nitrogen and oxygen atoms in total. The molecule has 98 valence electrons. The van der Waals surface area contributed by atoms with Crippen LogP contribution in [0, 0.1) is 0 Å². The van der Waals surface area contributed by atoms with Crippen LogP contribution in [0.2, 0.25) is 0 Å². The molecule has 1 aromatic rings. The predicted molar refractivity (Wildman–Crippen MR) is 77.1 cm³/mol. The van der Waals surface area contributed by atoms with E-state index in [0.717, 1.165) is 24.8 Å². The van der Waals surface area contributed by atoms with Crippen LogP contribution >= 0.6 is 12.2 Å². The number of unbranched alkanes of at least 4 members (excludes halogenated alkanes) is 3. The largest absolute Gasteiger partial charge is 0.478 e. The van der Waals surface area contributed by atoms with Crippen LogP contribution < -0.4 is 5.73 Å². The summed E-state index contributed by atoms with van der Waals surface area (Å²) in [5, 5.41) is 9.28. The summed E-state index contributed by atoms with van der Waals surface area (Å²) in [7, 11) is 0. The fraction of sp³-hybridized carbons (Fsp3) is 0.429. The summed E-state index contributed by atoms with van der Waals surface area (Å²) in [4.78, 5) is 11.5. The van der Waals surface area contributed by atoms with Crippen molar-refractivity contribution in [2.45, 2.75) is 39.0 Å². The molecule has 0 saturated carbocycles. The van der Waals surface area contributed by atoms with Gasteiger partial charge in [-0.1, -0.05) is 56.6 Å². The van der Waals surface area contributed by atoms with Gasteiger partial charge in [0, 0.05) is 5.56 Å². The number of nitrogens with two attached hydrogens (primary N) is 1. The van der Waals surface area contributed by atoms with Crippen LogP contribution in [0.1, 0.15) is 54.1 Å². The van der Waals surface area contributed by atoms with E-state index in [1.807, 2.05) is 12.1 Å². The second kappa shape index (κ2) is 7.11. The van der Waals surface area contributed by atoms with Crippen LogP contribution in [0.3, 0.4) is 0 Å². The highest BCUT2D eigenvalue weighted by Crippen LogP contribution is 2.18. The van der Waals surface area contributed by atoms with Gasteiger partial charge in [-0.2, -0.15) is 0 Å². The summed E-state index contributed by atoms with van der Waals surface area (Å²) >= 11 is 4.90. The Bertz CT molecular complexity index is 443. The van der Waals surface area contributed by atoms with E-state index >= 15 is 0 Å². The second-order valence-corrected chi connectivity index (χ2v) is 4.76. The number of hydrogen-bond donors (Lipinski definition) is 2. The van der Waals surface area contributed by atoms with Crippen molar-refractivity contribution in [3.8, 4) is 0 Å². The summed E-state index contributed by atoms with van der Waals surface area (Å²) in [6.45, 7) is 2.15. The Labute approximate surface area is 113 Å². The summed E-state index contributed by atoms with van der Waals surface area (Å²) in [5.41, 5.74) is 7.12. The molecule has 0 unspecified atom stereocenters. The standard InChI is InChI=1S/C14H19NO2S/c1-2-3-4-5-7-10-8-6-9-11(13(15)18)12(10)14(16)17/h6,8-9H,2-5,7H2,1H3,(H2,15,18)(H,16,17). The number of carboxylic acid groups (broad SMARTS) is 1. The Hall–Kier alpha value is -1.42. The van der Waals surface area contributed by atoms with E-state index in [2.05, 4.69) is 6.92 Å². The molecule has 18 heavy (non-hydrogen) atoms. The number of thiocarbonyl (C=S) groups is 1. The van der Waals surface area contributed by atoms with Gasteiger partial charge in [-0.05, 0) is 18.4 Å². The van der Waals surface area contributed by atoms with Gasteiger partial charge in [-0.3, -0.25) is 0 Å². The molecule has 4 heteroatoms. The third-order valence-electron chi connectivity index (χ3n) is 2.93. The maximum atomic E-state index is 11.3. The molecule has 1 rings (SSSR count). The Morgan fingerprint density at radius 3 is 2.61 bits per heavy atom. The Balaban J connectivity index is 2.93. The molecule has 0 aliphatic rings. The van der Waals surface area contributed by atoms with Crippen molar-refractivity contribution in [2.75, 3.05) is 0 Å². The SMILES string of the molecule is CCCCCCc1cccc(C(N)=S)c1C(=O)O. The van der Waals surface area contributed by atoms with Gasteiger partial charge in [0.05, 0.1) is 5.56 Å². The fourth-order valence-electron chi connectivity index (χ4n) is 2.01. The van der Waals surface area contributed by atoms with E-state index in [1.165, 1.54) is 12.8 Å². The van der Waals surface area contributed by atoms with Crippen molar-refractivity contribution in [3.05, 3.63) is 34.9 Å². The highest BCUT2D eigenvalue weighted by atomic mass is 32.1. The topological polar surface area (TPSA) is 63.3 Å². The van der Waals surface area contributed by atoms with Gasteiger partial charge in [0.1, 0.15) is 4.99 Å². The van der Waals surface area contributed by atoms with Gasteiger partial charge in [-0.15, -0.1) is 0 Å². The molecule has 0 amide bonds. The number of aromatic carboxylic acids is 1. The fourth-order valence-corrected chi connectivity index (χ4v) is 2.18. The van der Waals surface area contributed by atoms with Gasteiger partial charge in [0.2, 0.25) is 0 Å². The molecule has 0 aromatic heterocycles. The molecule has 0 aliphatic carbocycles. The number of aryl methyl sites for hydroxylation is 1. The first-order chi connectivity index (χ1) is 8.57. The molecule has 0 aliphatic heterocycles. The Kier molecular flexibility index (Phi) is 5.78. The van der Waals surface area contributed by atoms with Crippen molar-refractivity contribution in [1.29, 1.82) is 0 Å². The van der Waals surface area contributed by atoms with Crippen LogP contribution in [0.4, 0.5) is 0 Å². The Morgan fingerprint density at radius 1 is 1.33 bits per heavy atom. The average molecular weight is 265 g/mol. The van der Waals surface area contributed by atoms with Crippen molar-refractivity contribution in [2.24, 2.45) is 5.73 Å². The van der Waals surface area contributed by atoms with Crippen molar-refractivity contribution in [3.63, 3.8) is 0 Å². The number of carboxylic acids is 1. The molecule has 0 saturated heterocycles. The van der Waals surface area contributed by atoms with Crippen molar-refractivity contribution >= 4 is 23.2 Å². The van der Waals surface area contributed by atoms with Crippen LogP contribution in [0.5, 0.6) is 0 Å². The zero-order chi connectivity index (χ0) is 13.5. The molecule has 0 bridgehead atoms. The smallest absolute Gasteiger partial charge is 0.336 e. The normalized spacial score (nSPS) is 10.3. The summed E-state index contributed by atoms with van der Waals surface area (Å²) in [5.74, 6) is -0.955. The third-order valence-corrected chi connectivity index (χ3v) is 3.15. The molecule has 0 atom stereocenters. The quantitative estimate of drug-likeness (QED) is 0.587. The first kappa shape index (κ1) is 14.6. The lowest BCUT2D eigenvalue weighted by Crippen LogP contribution is -2.17. The first-order valence-corrected chi connectivity index (χ1v) is 6.63. The Morgan fingerprint density at radius 2 is 2.06 bits per heavy atom. The zero-order valence-electron chi connectivity index (χ0n) is 10.6. The zero-order valence-corrected chi connectivity index (χ0v) is 11.4. The molecule has 1 aromatic carbocycles. The van der Waals surface area contributed by atoms with Gasteiger partial charge in [0.25, 0.3) is 0 Å². The van der Waals surface area contributed by atoms with Gasteiger partial charge >= 0.3 is 5.97 Å². The minimum atomic E-state index is -0.955. The number of hydrogen-bond acceptors (Lipinski definition) is 2. The molecule has 3 N–H and O–H groups in total. The molecular weight excluding hydrogens is 246 g/mol. The lowest BCUT2D eigenvalue weighted by molar-refractivity contribution is 0.0695. The number of rotatable bonds is 7. The van der Waals surface area contributed by atoms with Crippen molar-refractivity contribution in [1.82, 2.24) is 0 Å². The number of benzene rings is 1. The highest BCUT2D eigenvalue weighted by molar-refractivity contribution is 7.80. The summed E-state index contributed by atoms with van der Waals surface area (Å²) in [6, 6.07) is 5.33. The van der Waals surface area contributed by atoms with Crippen LogP contribution in [-0.4, -0.2) is 16.1 Å². The molecule has 0 heterocycles. The maximum Gasteiger partial charge on any atom is 0.336 e. The first-order valence-electron chi connectivity index (χ1n) is 6.23. The van der Waals surface area contributed by atoms with Crippen LogP contribution in [0.15, 0.2) is 18.2 Å². The van der Waals surface area contributed by atoms with Gasteiger partial charge in [0.15, 0.2) is 0 Å². The van der Waals surface area contributed by atoms with Gasteiger partial charge in [-0.25, -0.2) is 4.79 Å². The molecule has 0 fully saturated rings. The predicted octanol–water partition coefficient (Wildman–Crippen LogP) is 3.14. The van der Waals surface area contributed by atoms with Crippen molar-refractivity contribution < 1.29 is 9.90 Å². The average Bonchev–Trinajstić information content (AvgIpc) is 2.33. The monoisotopic (exact) mass is 265 g/mol. The van der Waals surface area contributed by atoms with E-state index in [9.17, 15) is 9.90 Å². The lowest BCUT2D eigenvalue weighted by atomic mass is 9.96. The summed E-state index contributed by atoms with van der Waals surface area (Å²) < 4.78 is 0. The van der Waals surface area contributed by atoms with E-state index in [-0.39, 0.29) is 10.6 Å². The van der Waals surface area contributed by atoms with Gasteiger partial charge < -0.3 is 10.8 Å². The lowest BCUT2D eigenvalue weighted by Gasteiger charge is -2.10. The highest BCUT2D eigenvalue weighted by Gasteiger charge is 2.16. The minimum absolute atomic E-state index is 0.141. The number of carbonyl (C=O) groups is 1. The second-order valence-electron chi connectivity index (χ2n) is 4.32. The third kappa shape index (κ3) is 3.81. The maximum absolute atomic E-state index is 11.3.